The van der Waals surface area contributed by atoms with Crippen molar-refractivity contribution in [3.8, 4) is 0 Å². The summed E-state index contributed by atoms with van der Waals surface area (Å²) in [7, 11) is 0. The van der Waals surface area contributed by atoms with Crippen LogP contribution in [-0.2, 0) is 4.79 Å². The number of carbonyl (C=O) groups excluding carboxylic acids is 2. The highest BCUT2D eigenvalue weighted by atomic mass is 32.2. The Kier molecular flexibility index (Phi) is 3.79. The second-order valence-corrected chi connectivity index (χ2v) is 6.02. The van der Waals surface area contributed by atoms with Crippen LogP contribution in [0.5, 0.6) is 0 Å². The first-order valence-corrected chi connectivity index (χ1v) is 7.74. The van der Waals surface area contributed by atoms with Crippen molar-refractivity contribution in [2.24, 2.45) is 5.73 Å². The molecule has 2 aromatic rings. The van der Waals surface area contributed by atoms with E-state index in [1.54, 1.807) is 6.07 Å². The largest absolute Gasteiger partial charge is 0.369 e. The number of thioether (sulfide) groups is 1. The Morgan fingerprint density at radius 2 is 2.10 bits per heavy atom. The van der Waals surface area contributed by atoms with E-state index >= 15 is 0 Å². The van der Waals surface area contributed by atoms with Crippen LogP contribution in [0.2, 0.25) is 0 Å². The van der Waals surface area contributed by atoms with Crippen molar-refractivity contribution in [3.05, 3.63) is 35.9 Å². The van der Waals surface area contributed by atoms with Crippen LogP contribution in [-0.4, -0.2) is 28.6 Å². The van der Waals surface area contributed by atoms with Gasteiger partial charge in [0.1, 0.15) is 0 Å². The van der Waals surface area contributed by atoms with Gasteiger partial charge in [-0.05, 0) is 25.0 Å². The number of nitrogens with one attached hydrogen (secondary N) is 1. The number of carbonyl (C=O) groups is 2. The van der Waals surface area contributed by atoms with Crippen LogP contribution in [0.4, 0.5) is 0 Å². The fourth-order valence-corrected chi connectivity index (χ4v) is 2.70. The Hall–Kier alpha value is -2.08. The predicted octanol–water partition coefficient (Wildman–Crippen LogP) is 1.70. The fourth-order valence-electron chi connectivity index (χ4n) is 2.05. The molecule has 0 spiro atoms. The first-order valence-electron chi connectivity index (χ1n) is 6.75. The monoisotopic (exact) mass is 301 g/mol. The second kappa shape index (κ2) is 5.73. The van der Waals surface area contributed by atoms with E-state index in [0.717, 1.165) is 23.7 Å². The molecule has 5 nitrogen and oxygen atoms in total. The number of hydrogen-bond donors (Lipinski definition) is 2. The van der Waals surface area contributed by atoms with Gasteiger partial charge in [0.25, 0.3) is 5.91 Å². The number of benzene rings is 1. The fraction of sp³-hybridized carbons (Fsp3) is 0.267. The number of para-hydroxylation sites is 1. The summed E-state index contributed by atoms with van der Waals surface area (Å²) in [6.07, 6.45) is 2.08. The summed E-state index contributed by atoms with van der Waals surface area (Å²) in [6, 6.07) is 9.53. The number of pyridine rings is 1. The molecule has 1 aliphatic rings. The number of fused-ring (bicyclic) bond motifs is 1. The van der Waals surface area contributed by atoms with E-state index in [1.807, 2.05) is 24.3 Å². The van der Waals surface area contributed by atoms with Gasteiger partial charge in [0.2, 0.25) is 5.91 Å². The first kappa shape index (κ1) is 13.9. The van der Waals surface area contributed by atoms with Crippen molar-refractivity contribution < 1.29 is 9.59 Å². The van der Waals surface area contributed by atoms with Crippen LogP contribution in [0.1, 0.15) is 23.2 Å². The molecule has 3 rings (SSSR count). The lowest BCUT2D eigenvalue weighted by molar-refractivity contribution is -0.115. The number of hydrogen-bond acceptors (Lipinski definition) is 4. The highest BCUT2D eigenvalue weighted by molar-refractivity contribution is 7.99. The van der Waals surface area contributed by atoms with Gasteiger partial charge in [0, 0.05) is 11.4 Å². The molecule has 1 fully saturated rings. The van der Waals surface area contributed by atoms with Crippen molar-refractivity contribution in [1.82, 2.24) is 10.3 Å². The SMILES string of the molecule is NC(=O)CSc1cc(C(=O)NC2CC2)c2ccccc2n1. The van der Waals surface area contributed by atoms with E-state index in [0.29, 0.717) is 16.6 Å². The van der Waals surface area contributed by atoms with Gasteiger partial charge in [-0.25, -0.2) is 4.98 Å². The summed E-state index contributed by atoms with van der Waals surface area (Å²) in [6.45, 7) is 0. The summed E-state index contributed by atoms with van der Waals surface area (Å²) in [5.41, 5.74) is 6.50. The summed E-state index contributed by atoms with van der Waals surface area (Å²) < 4.78 is 0. The van der Waals surface area contributed by atoms with E-state index in [-0.39, 0.29) is 11.7 Å². The third kappa shape index (κ3) is 3.33. The van der Waals surface area contributed by atoms with Gasteiger partial charge in [-0.15, -0.1) is 0 Å². The van der Waals surface area contributed by atoms with Crippen LogP contribution >= 0.6 is 11.8 Å². The van der Waals surface area contributed by atoms with Crippen molar-refractivity contribution in [1.29, 1.82) is 0 Å². The molecular formula is C15H15N3O2S. The van der Waals surface area contributed by atoms with E-state index in [4.69, 9.17) is 5.73 Å². The summed E-state index contributed by atoms with van der Waals surface area (Å²) in [5, 5.41) is 4.44. The minimum Gasteiger partial charge on any atom is -0.369 e. The number of nitrogens with zero attached hydrogens (tertiary/aromatic N) is 1. The quantitative estimate of drug-likeness (QED) is 0.823. The molecular weight excluding hydrogens is 286 g/mol. The lowest BCUT2D eigenvalue weighted by Crippen LogP contribution is -2.25. The molecule has 0 radical (unpaired) electrons. The third-order valence-corrected chi connectivity index (χ3v) is 4.15. The van der Waals surface area contributed by atoms with E-state index in [1.165, 1.54) is 11.8 Å². The van der Waals surface area contributed by atoms with Gasteiger partial charge in [-0.1, -0.05) is 30.0 Å². The van der Waals surface area contributed by atoms with Crippen molar-refractivity contribution in [2.45, 2.75) is 23.9 Å². The van der Waals surface area contributed by atoms with Gasteiger partial charge < -0.3 is 11.1 Å². The van der Waals surface area contributed by atoms with E-state index in [9.17, 15) is 9.59 Å². The van der Waals surface area contributed by atoms with E-state index < -0.39 is 5.91 Å². The zero-order valence-corrected chi connectivity index (χ0v) is 12.2. The van der Waals surface area contributed by atoms with Crippen molar-refractivity contribution in [3.63, 3.8) is 0 Å². The molecule has 3 N–H and O–H groups in total. The summed E-state index contributed by atoms with van der Waals surface area (Å²) in [4.78, 5) is 27.7. The Labute approximate surface area is 126 Å². The summed E-state index contributed by atoms with van der Waals surface area (Å²) >= 11 is 1.24. The Morgan fingerprint density at radius 1 is 1.33 bits per heavy atom. The molecule has 2 amide bonds. The minimum absolute atomic E-state index is 0.0861. The van der Waals surface area contributed by atoms with Crippen LogP contribution < -0.4 is 11.1 Å². The zero-order valence-electron chi connectivity index (χ0n) is 11.3. The average molecular weight is 301 g/mol. The Morgan fingerprint density at radius 3 is 2.81 bits per heavy atom. The molecule has 1 aromatic carbocycles. The lowest BCUT2D eigenvalue weighted by Gasteiger charge is -2.09. The molecule has 1 heterocycles. The van der Waals surface area contributed by atoms with Gasteiger partial charge in [-0.2, -0.15) is 0 Å². The zero-order chi connectivity index (χ0) is 14.8. The van der Waals surface area contributed by atoms with Gasteiger partial charge in [0.05, 0.1) is 21.9 Å². The number of primary amides is 1. The van der Waals surface area contributed by atoms with Gasteiger partial charge in [0.15, 0.2) is 0 Å². The number of rotatable bonds is 5. The van der Waals surface area contributed by atoms with Crippen LogP contribution in [0, 0.1) is 0 Å². The Bertz CT molecular complexity index is 713. The Balaban J connectivity index is 1.97. The molecule has 0 aliphatic heterocycles. The molecule has 0 unspecified atom stereocenters. The maximum absolute atomic E-state index is 12.4. The molecule has 1 aliphatic carbocycles. The molecule has 6 heteroatoms. The first-order chi connectivity index (χ1) is 10.1. The minimum atomic E-state index is -0.404. The van der Waals surface area contributed by atoms with Gasteiger partial charge in [-0.3, -0.25) is 9.59 Å². The topological polar surface area (TPSA) is 85.1 Å². The normalized spacial score (nSPS) is 14.1. The molecule has 0 atom stereocenters. The second-order valence-electron chi connectivity index (χ2n) is 5.03. The predicted molar refractivity (Wildman–Crippen MR) is 82.1 cm³/mol. The standard InChI is InChI=1S/C15H15N3O2S/c16-13(19)8-21-14-7-11(15(20)17-9-5-6-9)10-3-1-2-4-12(10)18-14/h1-4,7,9H,5-6,8H2,(H2,16,19)(H,17,20). The average Bonchev–Trinajstić information content (AvgIpc) is 3.28. The van der Waals surface area contributed by atoms with Crippen LogP contribution in [0.25, 0.3) is 10.9 Å². The highest BCUT2D eigenvalue weighted by Crippen LogP contribution is 2.25. The third-order valence-electron chi connectivity index (χ3n) is 3.21. The smallest absolute Gasteiger partial charge is 0.252 e. The van der Waals surface area contributed by atoms with Crippen LogP contribution in [0.3, 0.4) is 0 Å². The molecule has 0 saturated heterocycles. The highest BCUT2D eigenvalue weighted by Gasteiger charge is 2.25. The molecule has 1 saturated carbocycles. The molecule has 108 valence electrons. The van der Waals surface area contributed by atoms with Gasteiger partial charge >= 0.3 is 0 Å². The van der Waals surface area contributed by atoms with Crippen molar-refractivity contribution in [2.75, 3.05) is 5.75 Å². The number of aromatic nitrogens is 1. The lowest BCUT2D eigenvalue weighted by atomic mass is 10.1. The van der Waals surface area contributed by atoms with Crippen LogP contribution in [0.15, 0.2) is 35.4 Å². The molecule has 0 bridgehead atoms. The number of nitrogens with two attached hydrogens (primary N) is 1. The maximum atomic E-state index is 12.4. The summed E-state index contributed by atoms with van der Waals surface area (Å²) in [5.74, 6) is -0.342. The van der Waals surface area contributed by atoms with E-state index in [2.05, 4.69) is 10.3 Å². The van der Waals surface area contributed by atoms with Crippen molar-refractivity contribution >= 4 is 34.5 Å². The maximum Gasteiger partial charge on any atom is 0.252 e. The number of amides is 2. The molecule has 21 heavy (non-hydrogen) atoms. The molecule has 1 aromatic heterocycles.